The van der Waals surface area contributed by atoms with Crippen molar-refractivity contribution in [1.29, 1.82) is 0 Å². The second-order valence-electron chi connectivity index (χ2n) is 4.13. The number of hydrogen-bond donors (Lipinski definition) is 1. The lowest BCUT2D eigenvalue weighted by Crippen LogP contribution is -2.21. The number of rotatable bonds is 6. The van der Waals surface area contributed by atoms with Crippen molar-refractivity contribution in [2.75, 3.05) is 6.54 Å². The number of carbonyl (C=O) groups excluding carboxylic acids is 1. The number of hydrogen-bond acceptors (Lipinski definition) is 4. The van der Waals surface area contributed by atoms with Gasteiger partial charge in [-0.3, -0.25) is 9.78 Å². The van der Waals surface area contributed by atoms with Crippen LogP contribution in [0, 0.1) is 0 Å². The van der Waals surface area contributed by atoms with Crippen LogP contribution in [0.4, 0.5) is 0 Å². The molecule has 94 valence electrons. The number of nitrogens with two attached hydrogens (primary N) is 1. The third-order valence-electron chi connectivity index (χ3n) is 2.89. The highest BCUT2D eigenvalue weighted by Crippen LogP contribution is 2.22. The van der Waals surface area contributed by atoms with Crippen LogP contribution in [0.2, 0.25) is 0 Å². The van der Waals surface area contributed by atoms with Gasteiger partial charge in [0.2, 0.25) is 0 Å². The van der Waals surface area contributed by atoms with E-state index in [-0.39, 0.29) is 11.7 Å². The Kier molecular flexibility index (Phi) is 4.61. The molecule has 4 heteroatoms. The number of aryl methyl sites for hydroxylation is 1. The number of ketones is 1. The lowest BCUT2D eigenvalue weighted by molar-refractivity contribution is -0.120. The maximum atomic E-state index is 12.2. The van der Waals surface area contributed by atoms with Crippen molar-refractivity contribution in [3.63, 3.8) is 0 Å². The molecule has 0 aromatic carbocycles. The molecule has 2 rings (SSSR count). The maximum Gasteiger partial charge on any atom is 0.142 e. The van der Waals surface area contributed by atoms with Crippen molar-refractivity contribution in [2.24, 2.45) is 5.73 Å². The van der Waals surface area contributed by atoms with Crippen molar-refractivity contribution in [1.82, 2.24) is 4.98 Å². The first kappa shape index (κ1) is 12.9. The molecule has 2 heterocycles. The molecule has 0 saturated carbocycles. The Morgan fingerprint density at radius 1 is 1.39 bits per heavy atom. The molecule has 0 amide bonds. The quantitative estimate of drug-likeness (QED) is 0.867. The summed E-state index contributed by atoms with van der Waals surface area (Å²) in [5.41, 5.74) is 6.80. The lowest BCUT2D eigenvalue weighted by atomic mass is 9.97. The van der Waals surface area contributed by atoms with Crippen LogP contribution in [-0.4, -0.2) is 17.3 Å². The molecule has 0 aliphatic carbocycles. The zero-order valence-electron chi connectivity index (χ0n) is 10.1. The van der Waals surface area contributed by atoms with Gasteiger partial charge >= 0.3 is 0 Å². The second-order valence-corrected chi connectivity index (χ2v) is 5.11. The van der Waals surface area contributed by atoms with E-state index in [4.69, 9.17) is 5.73 Å². The molecule has 0 bridgehead atoms. The minimum atomic E-state index is -0.151. The van der Waals surface area contributed by atoms with E-state index in [1.54, 1.807) is 23.7 Å². The van der Waals surface area contributed by atoms with Gasteiger partial charge in [-0.25, -0.2) is 0 Å². The molecule has 2 aromatic rings. The Bertz CT molecular complexity index is 482. The number of thiophene rings is 1. The zero-order chi connectivity index (χ0) is 12.8. The molecule has 2 N–H and O–H groups in total. The van der Waals surface area contributed by atoms with Crippen LogP contribution in [0.3, 0.4) is 0 Å². The van der Waals surface area contributed by atoms with E-state index in [1.807, 2.05) is 29.6 Å². The molecule has 0 aliphatic rings. The highest BCUT2D eigenvalue weighted by atomic mass is 32.1. The number of pyridine rings is 1. The van der Waals surface area contributed by atoms with Crippen LogP contribution in [0.5, 0.6) is 0 Å². The van der Waals surface area contributed by atoms with Crippen LogP contribution in [-0.2, 0) is 11.2 Å². The van der Waals surface area contributed by atoms with Crippen molar-refractivity contribution < 1.29 is 4.79 Å². The van der Waals surface area contributed by atoms with Gasteiger partial charge < -0.3 is 5.73 Å². The number of Topliss-reactive ketones (excluding diaryl/α,β-unsaturated/α-hetero) is 1. The van der Waals surface area contributed by atoms with Gasteiger partial charge in [-0.1, -0.05) is 12.1 Å². The molecule has 18 heavy (non-hydrogen) atoms. The Morgan fingerprint density at radius 3 is 2.89 bits per heavy atom. The Hall–Kier alpha value is -1.52. The normalized spacial score (nSPS) is 12.3. The zero-order valence-corrected chi connectivity index (χ0v) is 10.9. The van der Waals surface area contributed by atoms with Crippen molar-refractivity contribution >= 4 is 17.1 Å². The topological polar surface area (TPSA) is 56.0 Å². The SMILES string of the molecule is NC[C@@H](C(=O)CCc1cccnc1)c1cccs1. The molecule has 2 aromatic heterocycles. The van der Waals surface area contributed by atoms with Gasteiger partial charge in [-0.05, 0) is 29.5 Å². The van der Waals surface area contributed by atoms with Gasteiger partial charge in [0.05, 0.1) is 5.92 Å². The molecule has 1 atom stereocenters. The fraction of sp³-hybridized carbons (Fsp3) is 0.286. The van der Waals surface area contributed by atoms with E-state index in [0.717, 1.165) is 16.9 Å². The predicted molar refractivity (Wildman–Crippen MR) is 73.7 cm³/mol. The average Bonchev–Trinajstić information content (AvgIpc) is 2.92. The lowest BCUT2D eigenvalue weighted by Gasteiger charge is -2.11. The molecule has 3 nitrogen and oxygen atoms in total. The average molecular weight is 260 g/mol. The minimum Gasteiger partial charge on any atom is -0.329 e. The van der Waals surface area contributed by atoms with Gasteiger partial charge in [-0.2, -0.15) is 0 Å². The predicted octanol–water partition coefficient (Wildman–Crippen LogP) is 2.39. The van der Waals surface area contributed by atoms with E-state index in [0.29, 0.717) is 13.0 Å². The Morgan fingerprint density at radius 2 is 2.28 bits per heavy atom. The highest BCUT2D eigenvalue weighted by Gasteiger charge is 2.19. The summed E-state index contributed by atoms with van der Waals surface area (Å²) < 4.78 is 0. The van der Waals surface area contributed by atoms with Crippen molar-refractivity contribution in [2.45, 2.75) is 18.8 Å². The number of carbonyl (C=O) groups is 1. The van der Waals surface area contributed by atoms with Gasteiger partial charge in [0, 0.05) is 30.2 Å². The molecule has 0 saturated heterocycles. The molecule has 0 unspecified atom stereocenters. The van der Waals surface area contributed by atoms with E-state index in [9.17, 15) is 4.79 Å². The first-order valence-electron chi connectivity index (χ1n) is 5.96. The monoisotopic (exact) mass is 260 g/mol. The summed E-state index contributed by atoms with van der Waals surface area (Å²) in [7, 11) is 0. The van der Waals surface area contributed by atoms with Crippen molar-refractivity contribution in [3.05, 3.63) is 52.5 Å². The van der Waals surface area contributed by atoms with Crippen LogP contribution in [0.25, 0.3) is 0 Å². The molecule has 0 radical (unpaired) electrons. The van der Waals surface area contributed by atoms with Gasteiger partial charge in [-0.15, -0.1) is 11.3 Å². The van der Waals surface area contributed by atoms with Crippen LogP contribution in [0.1, 0.15) is 22.8 Å². The fourth-order valence-electron chi connectivity index (χ4n) is 1.88. The third kappa shape index (κ3) is 3.24. The third-order valence-corrected chi connectivity index (χ3v) is 3.88. The summed E-state index contributed by atoms with van der Waals surface area (Å²) in [4.78, 5) is 17.3. The Labute approximate surface area is 111 Å². The van der Waals surface area contributed by atoms with Gasteiger partial charge in [0.25, 0.3) is 0 Å². The standard InChI is InChI=1S/C14H16N2OS/c15-9-12(14-4-2-8-18-14)13(17)6-5-11-3-1-7-16-10-11/h1-4,7-8,10,12H,5-6,9,15H2/t12-/m0/s1. The van der Waals surface area contributed by atoms with Gasteiger partial charge in [0.1, 0.15) is 5.78 Å². The van der Waals surface area contributed by atoms with E-state index in [2.05, 4.69) is 4.98 Å². The summed E-state index contributed by atoms with van der Waals surface area (Å²) in [6.45, 7) is 0.381. The minimum absolute atomic E-state index is 0.151. The van der Waals surface area contributed by atoms with E-state index >= 15 is 0 Å². The van der Waals surface area contributed by atoms with E-state index < -0.39 is 0 Å². The summed E-state index contributed by atoms with van der Waals surface area (Å²) in [6.07, 6.45) is 4.79. The van der Waals surface area contributed by atoms with Gasteiger partial charge in [0.15, 0.2) is 0 Å². The first-order chi connectivity index (χ1) is 8.81. The number of nitrogens with zero attached hydrogens (tertiary/aromatic N) is 1. The largest absolute Gasteiger partial charge is 0.329 e. The summed E-state index contributed by atoms with van der Waals surface area (Å²) in [6, 6.07) is 7.81. The fourth-order valence-corrected chi connectivity index (χ4v) is 2.75. The highest BCUT2D eigenvalue weighted by molar-refractivity contribution is 7.10. The Balaban J connectivity index is 1.95. The maximum absolute atomic E-state index is 12.2. The molecule has 0 fully saturated rings. The van der Waals surface area contributed by atoms with Crippen LogP contribution < -0.4 is 5.73 Å². The summed E-state index contributed by atoms with van der Waals surface area (Å²) in [5.74, 6) is 0.0606. The summed E-state index contributed by atoms with van der Waals surface area (Å²) in [5, 5.41) is 1.98. The van der Waals surface area contributed by atoms with Crippen LogP contribution >= 0.6 is 11.3 Å². The van der Waals surface area contributed by atoms with E-state index in [1.165, 1.54) is 0 Å². The molecular weight excluding hydrogens is 244 g/mol. The molecule has 0 aliphatic heterocycles. The number of aromatic nitrogens is 1. The summed E-state index contributed by atoms with van der Waals surface area (Å²) >= 11 is 1.59. The smallest absolute Gasteiger partial charge is 0.142 e. The molecular formula is C14H16N2OS. The molecule has 0 spiro atoms. The van der Waals surface area contributed by atoms with Crippen LogP contribution in [0.15, 0.2) is 42.0 Å². The van der Waals surface area contributed by atoms with Crippen molar-refractivity contribution in [3.8, 4) is 0 Å². The first-order valence-corrected chi connectivity index (χ1v) is 6.84. The second kappa shape index (κ2) is 6.42.